The Morgan fingerprint density at radius 3 is 2.69 bits per heavy atom. The maximum atomic E-state index is 9.97. The molecule has 1 aromatic carbocycles. The van der Waals surface area contributed by atoms with E-state index in [1.165, 1.54) is 30.6 Å². The lowest BCUT2D eigenvalue weighted by atomic mass is 10.1. The number of benzene rings is 1. The van der Waals surface area contributed by atoms with Gasteiger partial charge in [0.05, 0.1) is 6.10 Å². The molecule has 0 aliphatic heterocycles. The van der Waals surface area contributed by atoms with Crippen LogP contribution < -0.4 is 0 Å². The van der Waals surface area contributed by atoms with Gasteiger partial charge < -0.3 is 5.11 Å². The number of thioether (sulfide) groups is 1. The van der Waals surface area contributed by atoms with Crippen LogP contribution in [0, 0.1) is 0 Å². The smallest absolute Gasteiger partial charge is 0.0798 e. The summed E-state index contributed by atoms with van der Waals surface area (Å²) in [6.07, 6.45) is 5.90. The first-order valence-electron chi connectivity index (χ1n) is 6.25. The van der Waals surface area contributed by atoms with Crippen molar-refractivity contribution in [1.29, 1.82) is 0 Å². The molecule has 1 atom stereocenters. The van der Waals surface area contributed by atoms with Gasteiger partial charge in [-0.1, -0.05) is 38.0 Å². The Hall–Kier alpha value is -0.470. The van der Waals surface area contributed by atoms with Crippen LogP contribution in [0.15, 0.2) is 29.2 Å². The molecule has 2 heteroatoms. The first-order valence-corrected chi connectivity index (χ1v) is 7.13. The van der Waals surface area contributed by atoms with E-state index in [2.05, 4.69) is 18.2 Å². The molecule has 1 saturated carbocycles. The average Bonchev–Trinajstić information content (AvgIpc) is 2.82. The molecular weight excluding hydrogens is 216 g/mol. The third-order valence-electron chi connectivity index (χ3n) is 3.26. The van der Waals surface area contributed by atoms with E-state index in [4.69, 9.17) is 0 Å². The van der Waals surface area contributed by atoms with Crippen LogP contribution in [-0.4, -0.2) is 10.4 Å². The molecule has 2 rings (SSSR count). The number of aliphatic hydroxyl groups excluding tert-OH is 1. The number of aliphatic hydroxyl groups is 1. The molecule has 1 fully saturated rings. The zero-order valence-electron chi connectivity index (χ0n) is 9.86. The lowest BCUT2D eigenvalue weighted by molar-refractivity contribution is 0.171. The molecule has 1 nitrogen and oxygen atoms in total. The van der Waals surface area contributed by atoms with Crippen molar-refractivity contribution in [2.75, 3.05) is 0 Å². The van der Waals surface area contributed by atoms with Crippen molar-refractivity contribution >= 4 is 11.8 Å². The molecular formula is C14H20OS. The predicted octanol–water partition coefficient (Wildman–Crippen LogP) is 4.16. The highest BCUT2D eigenvalue weighted by Gasteiger charge is 2.18. The normalized spacial score (nSPS) is 18.9. The second-order valence-corrected chi connectivity index (χ2v) is 5.83. The van der Waals surface area contributed by atoms with Gasteiger partial charge in [-0.3, -0.25) is 0 Å². The molecule has 0 bridgehead atoms. The fourth-order valence-electron chi connectivity index (χ4n) is 2.27. The Morgan fingerprint density at radius 2 is 2.00 bits per heavy atom. The lowest BCUT2D eigenvalue weighted by Crippen LogP contribution is -2.00. The zero-order valence-corrected chi connectivity index (χ0v) is 10.7. The molecule has 1 N–H and O–H groups in total. The van der Waals surface area contributed by atoms with Crippen LogP contribution in [-0.2, 0) is 0 Å². The van der Waals surface area contributed by atoms with E-state index >= 15 is 0 Å². The van der Waals surface area contributed by atoms with Gasteiger partial charge in [0.25, 0.3) is 0 Å². The molecule has 0 spiro atoms. The molecule has 88 valence electrons. The molecule has 16 heavy (non-hydrogen) atoms. The van der Waals surface area contributed by atoms with E-state index < -0.39 is 0 Å². The van der Waals surface area contributed by atoms with Gasteiger partial charge in [0.2, 0.25) is 0 Å². The minimum atomic E-state index is -0.301. The van der Waals surface area contributed by atoms with Crippen molar-refractivity contribution in [3.63, 3.8) is 0 Å². The van der Waals surface area contributed by atoms with Crippen molar-refractivity contribution in [3.05, 3.63) is 29.8 Å². The third kappa shape index (κ3) is 2.80. The standard InChI is InChI=1S/C14H20OS/c1-2-13(15)12-9-5-6-10-14(12)16-11-7-3-4-8-11/h5-6,9-11,13,15H,2-4,7-8H2,1H3/t13-/m0/s1. The Balaban J connectivity index is 2.12. The molecule has 0 heterocycles. The molecule has 1 aliphatic carbocycles. The van der Waals surface area contributed by atoms with E-state index in [0.29, 0.717) is 0 Å². The van der Waals surface area contributed by atoms with Crippen LogP contribution in [0.1, 0.15) is 50.7 Å². The summed E-state index contributed by atoms with van der Waals surface area (Å²) >= 11 is 1.96. The van der Waals surface area contributed by atoms with E-state index in [9.17, 15) is 5.11 Å². The molecule has 0 amide bonds. The number of hydrogen-bond acceptors (Lipinski definition) is 2. The van der Waals surface area contributed by atoms with Crippen molar-refractivity contribution in [3.8, 4) is 0 Å². The molecule has 0 aromatic heterocycles. The first-order chi connectivity index (χ1) is 7.81. The Morgan fingerprint density at radius 1 is 1.31 bits per heavy atom. The molecule has 0 unspecified atom stereocenters. The van der Waals surface area contributed by atoms with Crippen molar-refractivity contribution in [1.82, 2.24) is 0 Å². The highest BCUT2D eigenvalue weighted by atomic mass is 32.2. The Labute approximate surface area is 102 Å². The second kappa shape index (κ2) is 5.74. The number of hydrogen-bond donors (Lipinski definition) is 1. The van der Waals surface area contributed by atoms with Gasteiger partial charge in [-0.25, -0.2) is 0 Å². The maximum Gasteiger partial charge on any atom is 0.0798 e. The summed E-state index contributed by atoms with van der Waals surface area (Å²) in [4.78, 5) is 1.28. The molecule has 0 saturated heterocycles. The van der Waals surface area contributed by atoms with Gasteiger partial charge >= 0.3 is 0 Å². The van der Waals surface area contributed by atoms with Gasteiger partial charge in [0, 0.05) is 10.1 Å². The van der Waals surface area contributed by atoms with Crippen molar-refractivity contribution in [2.45, 2.75) is 55.3 Å². The number of rotatable bonds is 4. The van der Waals surface area contributed by atoms with Crippen LogP contribution in [0.4, 0.5) is 0 Å². The lowest BCUT2D eigenvalue weighted by Gasteiger charge is -2.16. The fourth-order valence-corrected chi connectivity index (χ4v) is 3.69. The highest BCUT2D eigenvalue weighted by molar-refractivity contribution is 8.00. The Bertz CT molecular complexity index is 331. The summed E-state index contributed by atoms with van der Waals surface area (Å²) in [6, 6.07) is 8.30. The molecule has 1 aromatic rings. The van der Waals surface area contributed by atoms with Crippen LogP contribution in [0.3, 0.4) is 0 Å². The SMILES string of the molecule is CC[C@H](O)c1ccccc1SC1CCCC1. The topological polar surface area (TPSA) is 20.2 Å². The van der Waals surface area contributed by atoms with Crippen molar-refractivity contribution in [2.24, 2.45) is 0 Å². The van der Waals surface area contributed by atoms with Crippen LogP contribution in [0.5, 0.6) is 0 Å². The van der Waals surface area contributed by atoms with E-state index in [1.54, 1.807) is 0 Å². The van der Waals surface area contributed by atoms with Crippen LogP contribution >= 0.6 is 11.8 Å². The summed E-state index contributed by atoms with van der Waals surface area (Å²) in [5.41, 5.74) is 1.11. The molecule has 1 aliphatic rings. The second-order valence-electron chi connectivity index (χ2n) is 4.49. The minimum absolute atomic E-state index is 0.301. The van der Waals surface area contributed by atoms with E-state index in [-0.39, 0.29) is 6.10 Å². The van der Waals surface area contributed by atoms with Gasteiger partial charge in [-0.05, 0) is 30.9 Å². The average molecular weight is 236 g/mol. The largest absolute Gasteiger partial charge is 0.388 e. The van der Waals surface area contributed by atoms with E-state index in [1.807, 2.05) is 24.8 Å². The van der Waals surface area contributed by atoms with E-state index in [0.717, 1.165) is 17.2 Å². The summed E-state index contributed by atoms with van der Waals surface area (Å²) in [5, 5.41) is 10.7. The van der Waals surface area contributed by atoms with Gasteiger partial charge in [-0.15, -0.1) is 11.8 Å². The van der Waals surface area contributed by atoms with Gasteiger partial charge in [-0.2, -0.15) is 0 Å². The quantitative estimate of drug-likeness (QED) is 0.847. The van der Waals surface area contributed by atoms with Gasteiger partial charge in [0.1, 0.15) is 0 Å². The summed E-state index contributed by atoms with van der Waals surface area (Å²) < 4.78 is 0. The Kier molecular flexibility index (Phi) is 4.30. The molecule has 0 radical (unpaired) electrons. The summed E-state index contributed by atoms with van der Waals surface area (Å²) in [6.45, 7) is 2.03. The monoisotopic (exact) mass is 236 g/mol. The fraction of sp³-hybridized carbons (Fsp3) is 0.571. The summed E-state index contributed by atoms with van der Waals surface area (Å²) in [7, 11) is 0. The van der Waals surface area contributed by atoms with Crippen LogP contribution in [0.25, 0.3) is 0 Å². The highest BCUT2D eigenvalue weighted by Crippen LogP contribution is 2.38. The minimum Gasteiger partial charge on any atom is -0.388 e. The summed E-state index contributed by atoms with van der Waals surface area (Å²) in [5.74, 6) is 0. The van der Waals surface area contributed by atoms with Gasteiger partial charge in [0.15, 0.2) is 0 Å². The zero-order chi connectivity index (χ0) is 11.4. The first kappa shape index (κ1) is 12.0. The predicted molar refractivity (Wildman–Crippen MR) is 69.8 cm³/mol. The maximum absolute atomic E-state index is 9.97. The van der Waals surface area contributed by atoms with Crippen molar-refractivity contribution < 1.29 is 5.11 Å². The van der Waals surface area contributed by atoms with Crippen LogP contribution in [0.2, 0.25) is 0 Å². The third-order valence-corrected chi connectivity index (χ3v) is 4.69.